The number of hydrogen-bond donors (Lipinski definition) is 0. The summed E-state index contributed by atoms with van der Waals surface area (Å²) in [6, 6.07) is 15.7. The summed E-state index contributed by atoms with van der Waals surface area (Å²) >= 11 is 0. The Morgan fingerprint density at radius 3 is 2.48 bits per heavy atom. The number of ether oxygens (including phenoxy) is 1. The van der Waals surface area contributed by atoms with Gasteiger partial charge in [-0.3, -0.25) is 4.21 Å². The summed E-state index contributed by atoms with van der Waals surface area (Å²) in [6.45, 7) is 6.53. The summed E-state index contributed by atoms with van der Waals surface area (Å²) < 4.78 is 23.0. The maximum absolute atomic E-state index is 12.5. The van der Waals surface area contributed by atoms with Crippen LogP contribution in [0.2, 0.25) is 0 Å². The topological polar surface area (TPSA) is 65.2 Å². The molecule has 0 aliphatic carbocycles. The Morgan fingerprint density at radius 1 is 1.07 bits per heavy atom. The van der Waals surface area contributed by atoms with Gasteiger partial charge in [-0.15, -0.1) is 0 Å². The first-order valence-electron chi connectivity index (χ1n) is 8.76. The van der Waals surface area contributed by atoms with E-state index in [1.165, 1.54) is 5.56 Å². The lowest BCUT2D eigenvalue weighted by Gasteiger charge is -2.19. The molecule has 0 aliphatic rings. The molecule has 6 heteroatoms. The largest absolute Gasteiger partial charge is 0.497 e. The summed E-state index contributed by atoms with van der Waals surface area (Å²) in [6.07, 6.45) is 0. The molecule has 0 amide bonds. The number of hydrogen-bond acceptors (Lipinski definition) is 5. The van der Waals surface area contributed by atoms with Crippen molar-refractivity contribution in [2.75, 3.05) is 7.11 Å². The van der Waals surface area contributed by atoms with Crippen molar-refractivity contribution in [3.05, 3.63) is 65.5 Å². The zero-order valence-electron chi connectivity index (χ0n) is 16.1. The molecule has 1 heterocycles. The minimum absolute atomic E-state index is 0.109. The fourth-order valence-electron chi connectivity index (χ4n) is 2.67. The van der Waals surface area contributed by atoms with Crippen molar-refractivity contribution in [2.24, 2.45) is 0 Å². The normalized spacial score (nSPS) is 12.7. The highest BCUT2D eigenvalue weighted by Gasteiger charge is 2.15. The minimum atomic E-state index is -1.12. The first kappa shape index (κ1) is 19.3. The average Bonchev–Trinajstić information content (AvgIpc) is 3.10. The highest BCUT2D eigenvalue weighted by atomic mass is 32.2. The van der Waals surface area contributed by atoms with Crippen molar-refractivity contribution in [1.29, 1.82) is 0 Å². The van der Waals surface area contributed by atoms with Crippen LogP contribution in [0, 0.1) is 0 Å². The second-order valence-electron chi connectivity index (χ2n) is 7.42. The zero-order chi connectivity index (χ0) is 19.4. The maximum atomic E-state index is 12.5. The van der Waals surface area contributed by atoms with Gasteiger partial charge in [-0.2, -0.15) is 4.98 Å². The molecule has 1 atom stereocenters. The first-order valence-corrected chi connectivity index (χ1v) is 10.3. The lowest BCUT2D eigenvalue weighted by molar-refractivity contribution is 0.390. The molecule has 3 rings (SSSR count). The molecule has 5 nitrogen and oxygen atoms in total. The average molecular weight is 385 g/mol. The van der Waals surface area contributed by atoms with Gasteiger partial charge >= 0.3 is 0 Å². The monoisotopic (exact) mass is 384 g/mol. The van der Waals surface area contributed by atoms with Crippen LogP contribution in [-0.4, -0.2) is 21.5 Å². The van der Waals surface area contributed by atoms with Crippen LogP contribution in [0.15, 0.2) is 53.1 Å². The van der Waals surface area contributed by atoms with Gasteiger partial charge in [0, 0.05) is 22.1 Å². The van der Waals surface area contributed by atoms with Gasteiger partial charge in [-0.05, 0) is 28.7 Å². The highest BCUT2D eigenvalue weighted by Crippen LogP contribution is 2.23. The van der Waals surface area contributed by atoms with Gasteiger partial charge in [0.25, 0.3) is 0 Å². The van der Waals surface area contributed by atoms with Crippen molar-refractivity contribution in [3.63, 3.8) is 0 Å². The molecule has 1 unspecified atom stereocenters. The Balaban J connectivity index is 1.64. The smallest absolute Gasteiger partial charge is 0.239 e. The van der Waals surface area contributed by atoms with Crippen LogP contribution >= 0.6 is 0 Å². The van der Waals surface area contributed by atoms with E-state index in [1.54, 1.807) is 7.11 Å². The van der Waals surface area contributed by atoms with Crippen molar-refractivity contribution in [2.45, 2.75) is 37.7 Å². The van der Waals surface area contributed by atoms with E-state index in [4.69, 9.17) is 9.26 Å². The Kier molecular flexibility index (Phi) is 5.75. The number of aromatic nitrogens is 2. The molecule has 0 saturated heterocycles. The predicted molar refractivity (Wildman–Crippen MR) is 107 cm³/mol. The van der Waals surface area contributed by atoms with Gasteiger partial charge in [0.1, 0.15) is 11.5 Å². The molecule has 0 bridgehead atoms. The Morgan fingerprint density at radius 2 is 1.81 bits per heavy atom. The van der Waals surface area contributed by atoms with Gasteiger partial charge in [0.05, 0.1) is 7.11 Å². The Hall–Kier alpha value is -2.47. The predicted octanol–water partition coefficient (Wildman–Crippen LogP) is 4.49. The summed E-state index contributed by atoms with van der Waals surface area (Å²) in [5, 5.41) is 3.98. The van der Waals surface area contributed by atoms with Gasteiger partial charge < -0.3 is 9.26 Å². The fraction of sp³-hybridized carbons (Fsp3) is 0.333. The molecule has 142 valence electrons. The molecular formula is C21H24N2O3S. The van der Waals surface area contributed by atoms with Crippen molar-refractivity contribution in [1.82, 2.24) is 10.1 Å². The molecule has 0 fully saturated rings. The van der Waals surface area contributed by atoms with E-state index >= 15 is 0 Å². The van der Waals surface area contributed by atoms with E-state index in [0.717, 1.165) is 16.9 Å². The van der Waals surface area contributed by atoms with Gasteiger partial charge in [-0.25, -0.2) is 0 Å². The summed E-state index contributed by atoms with van der Waals surface area (Å²) in [4.78, 5) is 4.36. The number of nitrogens with zero attached hydrogens (tertiary/aromatic N) is 2. The molecule has 1 aromatic heterocycles. The van der Waals surface area contributed by atoms with E-state index in [9.17, 15) is 4.21 Å². The van der Waals surface area contributed by atoms with Crippen LogP contribution in [0.3, 0.4) is 0 Å². The zero-order valence-corrected chi connectivity index (χ0v) is 16.9. The lowest BCUT2D eigenvalue weighted by Crippen LogP contribution is -2.10. The van der Waals surface area contributed by atoms with Crippen LogP contribution in [0.25, 0.3) is 11.4 Å². The fourth-order valence-corrected chi connectivity index (χ4v) is 3.73. The van der Waals surface area contributed by atoms with Crippen LogP contribution in [0.4, 0.5) is 0 Å². The number of benzene rings is 2. The van der Waals surface area contributed by atoms with Gasteiger partial charge in [0.15, 0.2) is 0 Å². The first-order chi connectivity index (χ1) is 12.8. The van der Waals surface area contributed by atoms with Gasteiger partial charge in [-0.1, -0.05) is 62.3 Å². The molecule has 0 aliphatic heterocycles. The third-order valence-corrected chi connectivity index (χ3v) is 5.45. The number of rotatable bonds is 6. The quantitative estimate of drug-likeness (QED) is 0.626. The van der Waals surface area contributed by atoms with E-state index in [2.05, 4.69) is 43.0 Å². The van der Waals surface area contributed by atoms with Crippen molar-refractivity contribution < 1.29 is 13.5 Å². The van der Waals surface area contributed by atoms with Gasteiger partial charge in [0.2, 0.25) is 11.7 Å². The molecule has 2 aromatic carbocycles. The van der Waals surface area contributed by atoms with E-state index in [0.29, 0.717) is 17.5 Å². The van der Waals surface area contributed by atoms with Crippen LogP contribution in [-0.2, 0) is 27.7 Å². The van der Waals surface area contributed by atoms with Crippen LogP contribution in [0.5, 0.6) is 5.75 Å². The van der Waals surface area contributed by atoms with Crippen LogP contribution in [0.1, 0.15) is 37.8 Å². The molecule has 0 saturated carbocycles. The second kappa shape index (κ2) is 8.05. The van der Waals surface area contributed by atoms with E-state index < -0.39 is 10.8 Å². The van der Waals surface area contributed by atoms with Crippen LogP contribution < -0.4 is 4.74 Å². The van der Waals surface area contributed by atoms with E-state index in [1.807, 2.05) is 36.4 Å². The van der Waals surface area contributed by atoms with Crippen molar-refractivity contribution >= 4 is 10.8 Å². The molecule has 0 radical (unpaired) electrons. The summed E-state index contributed by atoms with van der Waals surface area (Å²) in [5.41, 5.74) is 3.21. The third-order valence-electron chi connectivity index (χ3n) is 4.23. The van der Waals surface area contributed by atoms with E-state index in [-0.39, 0.29) is 11.2 Å². The molecular weight excluding hydrogens is 360 g/mol. The molecule has 0 N–H and O–H groups in total. The molecule has 3 aromatic rings. The second-order valence-corrected chi connectivity index (χ2v) is 8.88. The summed E-state index contributed by atoms with van der Waals surface area (Å²) in [5.74, 6) is 2.26. The SMILES string of the molecule is COc1cccc(-c2noc(CS(=O)Cc3ccc(C(C)(C)C)cc3)n2)c1. The Labute approximate surface area is 162 Å². The lowest BCUT2D eigenvalue weighted by atomic mass is 9.87. The summed E-state index contributed by atoms with van der Waals surface area (Å²) in [7, 11) is 0.489. The maximum Gasteiger partial charge on any atom is 0.239 e. The molecule has 0 spiro atoms. The molecule has 27 heavy (non-hydrogen) atoms. The number of methoxy groups -OCH3 is 1. The van der Waals surface area contributed by atoms with Crippen molar-refractivity contribution in [3.8, 4) is 17.1 Å². The highest BCUT2D eigenvalue weighted by molar-refractivity contribution is 7.83. The standard InChI is InChI=1S/C21H24N2O3S/c1-21(2,3)17-10-8-15(9-11-17)13-27(24)14-19-22-20(23-26-19)16-6-5-7-18(12-16)25-4/h5-12H,13-14H2,1-4H3. The third kappa shape index (κ3) is 5.04. The minimum Gasteiger partial charge on any atom is -0.497 e. The Bertz CT molecular complexity index is 927.